The Morgan fingerprint density at radius 3 is 2.37 bits per heavy atom. The van der Waals surface area contributed by atoms with Gasteiger partial charge in [0.2, 0.25) is 0 Å². The first kappa shape index (κ1) is 28.1. The van der Waals surface area contributed by atoms with Crippen LogP contribution in [-0.2, 0) is 19.5 Å². The van der Waals surface area contributed by atoms with Crippen molar-refractivity contribution in [3.05, 3.63) is 71.4 Å². The molecule has 3 aliphatic rings. The average molecular weight is 556 g/mol. The maximum atomic E-state index is 9.82. The first-order chi connectivity index (χ1) is 20.1. The molecule has 41 heavy (non-hydrogen) atoms. The maximum Gasteiger partial charge on any atom is 0.161 e. The van der Waals surface area contributed by atoms with Gasteiger partial charge in [0.25, 0.3) is 0 Å². The van der Waals surface area contributed by atoms with E-state index >= 15 is 0 Å². The number of aliphatic hydroxyl groups excluding tert-OH is 1. The van der Waals surface area contributed by atoms with Gasteiger partial charge in [-0.1, -0.05) is 30.3 Å². The van der Waals surface area contributed by atoms with E-state index in [2.05, 4.69) is 86.6 Å². The molecule has 0 amide bonds. The summed E-state index contributed by atoms with van der Waals surface area (Å²) in [6.07, 6.45) is 3.64. The largest absolute Gasteiger partial charge is 0.393 e. The van der Waals surface area contributed by atoms with E-state index in [1.165, 1.54) is 22.5 Å². The number of hydrogen-bond donors (Lipinski definition) is 2. The second-order valence-electron chi connectivity index (χ2n) is 12.0. The van der Waals surface area contributed by atoms with E-state index in [-0.39, 0.29) is 6.10 Å². The topological polar surface area (TPSA) is 71.0 Å². The summed E-state index contributed by atoms with van der Waals surface area (Å²) < 4.78 is 0. The van der Waals surface area contributed by atoms with Crippen molar-refractivity contribution in [1.29, 1.82) is 0 Å². The Morgan fingerprint density at radius 2 is 1.61 bits per heavy atom. The lowest BCUT2D eigenvalue weighted by Gasteiger charge is -2.34. The van der Waals surface area contributed by atoms with Crippen LogP contribution in [0.3, 0.4) is 0 Å². The summed E-state index contributed by atoms with van der Waals surface area (Å²) in [5.74, 6) is 1.80. The maximum absolute atomic E-state index is 9.82. The molecule has 6 rings (SSSR count). The van der Waals surface area contributed by atoms with Crippen LogP contribution in [0.15, 0.2) is 54.6 Å². The number of aliphatic hydroxyl groups is 1. The number of piperidine rings is 1. The quantitative estimate of drug-likeness (QED) is 0.388. The minimum atomic E-state index is -0.121. The third-order valence-electron chi connectivity index (χ3n) is 8.88. The predicted molar refractivity (Wildman–Crippen MR) is 166 cm³/mol. The van der Waals surface area contributed by atoms with Crippen molar-refractivity contribution in [2.75, 3.05) is 76.2 Å². The SMILES string of the molecule is CN1CCN(c2ccc(-c3nc4c(c(NCCCN5CCC(O)CC5)n3)CN(Cc3ccccc3)CC4)cc2)CC1. The van der Waals surface area contributed by atoms with E-state index in [0.717, 1.165) is 115 Å². The van der Waals surface area contributed by atoms with Gasteiger partial charge in [0.05, 0.1) is 11.8 Å². The van der Waals surface area contributed by atoms with Gasteiger partial charge in [-0.05, 0) is 62.7 Å². The molecule has 3 aliphatic heterocycles. The number of likely N-dealkylation sites (N-methyl/N-ethyl adjacent to an activating group) is 1. The van der Waals surface area contributed by atoms with Gasteiger partial charge < -0.3 is 25.1 Å². The molecule has 4 heterocycles. The van der Waals surface area contributed by atoms with E-state index in [0.29, 0.717) is 0 Å². The standard InChI is InChI=1S/C33H45N7O/c1-37-20-22-40(23-21-37)28-10-8-27(9-11-28)32-35-31-14-19-39(24-26-6-3-2-4-7-26)25-30(31)33(36-32)34-15-5-16-38-17-12-29(41)13-18-38/h2-4,6-11,29,41H,5,12-25H2,1H3,(H,34,35,36). The van der Waals surface area contributed by atoms with Crippen LogP contribution in [0.5, 0.6) is 0 Å². The van der Waals surface area contributed by atoms with Crippen molar-refractivity contribution in [2.24, 2.45) is 0 Å². The molecule has 2 N–H and O–H groups in total. The van der Waals surface area contributed by atoms with Crippen molar-refractivity contribution in [1.82, 2.24) is 24.7 Å². The number of fused-ring (bicyclic) bond motifs is 1. The molecule has 3 aromatic rings. The van der Waals surface area contributed by atoms with E-state index in [1.807, 2.05) is 0 Å². The summed E-state index contributed by atoms with van der Waals surface area (Å²) in [5, 5.41) is 13.5. The minimum absolute atomic E-state index is 0.121. The number of nitrogens with zero attached hydrogens (tertiary/aromatic N) is 6. The summed E-state index contributed by atoms with van der Waals surface area (Å²) in [6.45, 7) is 11.1. The molecular formula is C33H45N7O. The fourth-order valence-corrected chi connectivity index (χ4v) is 6.26. The smallest absolute Gasteiger partial charge is 0.161 e. The molecule has 8 heteroatoms. The Bertz CT molecular complexity index is 1250. The van der Waals surface area contributed by atoms with E-state index < -0.39 is 0 Å². The highest BCUT2D eigenvalue weighted by Gasteiger charge is 2.24. The molecule has 0 spiro atoms. The van der Waals surface area contributed by atoms with E-state index in [9.17, 15) is 5.11 Å². The van der Waals surface area contributed by atoms with Gasteiger partial charge in [0, 0.05) is 88.7 Å². The van der Waals surface area contributed by atoms with Gasteiger partial charge in [0.1, 0.15) is 5.82 Å². The van der Waals surface area contributed by atoms with Crippen LogP contribution >= 0.6 is 0 Å². The number of rotatable bonds is 9. The zero-order valence-corrected chi connectivity index (χ0v) is 24.5. The fourth-order valence-electron chi connectivity index (χ4n) is 6.26. The van der Waals surface area contributed by atoms with Crippen LogP contribution in [0.2, 0.25) is 0 Å². The van der Waals surface area contributed by atoms with Crippen LogP contribution in [0.25, 0.3) is 11.4 Å². The van der Waals surface area contributed by atoms with Crippen LogP contribution in [0.1, 0.15) is 36.1 Å². The molecule has 2 aromatic carbocycles. The van der Waals surface area contributed by atoms with Crippen molar-refractivity contribution in [2.45, 2.75) is 44.9 Å². The summed E-state index contributed by atoms with van der Waals surface area (Å²) in [7, 11) is 2.19. The Labute approximate surface area is 245 Å². The Kier molecular flexibility index (Phi) is 9.11. The van der Waals surface area contributed by atoms with E-state index in [1.54, 1.807) is 0 Å². The summed E-state index contributed by atoms with van der Waals surface area (Å²) in [4.78, 5) is 20.1. The van der Waals surface area contributed by atoms with Gasteiger partial charge in [-0.25, -0.2) is 9.97 Å². The molecule has 218 valence electrons. The number of aromatic nitrogens is 2. The van der Waals surface area contributed by atoms with E-state index in [4.69, 9.17) is 9.97 Å². The molecule has 0 atom stereocenters. The average Bonchev–Trinajstić information content (AvgIpc) is 3.01. The first-order valence-corrected chi connectivity index (χ1v) is 15.4. The number of anilines is 2. The van der Waals surface area contributed by atoms with Crippen molar-refractivity contribution >= 4 is 11.5 Å². The van der Waals surface area contributed by atoms with Crippen molar-refractivity contribution in [3.63, 3.8) is 0 Å². The number of nitrogens with one attached hydrogen (secondary N) is 1. The predicted octanol–water partition coefficient (Wildman–Crippen LogP) is 3.71. The molecule has 8 nitrogen and oxygen atoms in total. The number of piperazine rings is 1. The highest BCUT2D eigenvalue weighted by Crippen LogP contribution is 2.29. The molecule has 0 unspecified atom stereocenters. The Hall–Kier alpha value is -3.04. The van der Waals surface area contributed by atoms with Crippen LogP contribution in [0, 0.1) is 0 Å². The third-order valence-corrected chi connectivity index (χ3v) is 8.88. The van der Waals surface area contributed by atoms with Gasteiger partial charge in [-0.2, -0.15) is 0 Å². The van der Waals surface area contributed by atoms with Gasteiger partial charge in [-0.3, -0.25) is 4.90 Å². The lowest BCUT2D eigenvalue weighted by molar-refractivity contribution is 0.0825. The molecule has 0 saturated carbocycles. The van der Waals surface area contributed by atoms with Crippen LogP contribution in [0.4, 0.5) is 11.5 Å². The molecule has 2 saturated heterocycles. The van der Waals surface area contributed by atoms with Gasteiger partial charge in [0.15, 0.2) is 5.82 Å². The molecule has 2 fully saturated rings. The van der Waals surface area contributed by atoms with Gasteiger partial charge >= 0.3 is 0 Å². The monoisotopic (exact) mass is 555 g/mol. The zero-order valence-electron chi connectivity index (χ0n) is 24.5. The normalized spacial score (nSPS) is 19.3. The Balaban J connectivity index is 1.17. The number of benzene rings is 2. The Morgan fingerprint density at radius 1 is 0.854 bits per heavy atom. The first-order valence-electron chi connectivity index (χ1n) is 15.4. The van der Waals surface area contributed by atoms with Gasteiger partial charge in [-0.15, -0.1) is 0 Å². The lowest BCUT2D eigenvalue weighted by Crippen LogP contribution is -2.44. The second-order valence-corrected chi connectivity index (χ2v) is 12.0. The lowest BCUT2D eigenvalue weighted by atomic mass is 10.0. The highest BCUT2D eigenvalue weighted by molar-refractivity contribution is 5.63. The highest BCUT2D eigenvalue weighted by atomic mass is 16.3. The zero-order chi connectivity index (χ0) is 28.0. The van der Waals surface area contributed by atoms with Crippen LogP contribution < -0.4 is 10.2 Å². The van der Waals surface area contributed by atoms with Crippen molar-refractivity contribution < 1.29 is 5.11 Å². The fraction of sp³-hybridized carbons (Fsp3) is 0.515. The summed E-state index contributed by atoms with van der Waals surface area (Å²) in [6, 6.07) is 19.6. The number of hydrogen-bond acceptors (Lipinski definition) is 8. The van der Waals surface area contributed by atoms with Crippen molar-refractivity contribution in [3.8, 4) is 11.4 Å². The molecule has 0 bridgehead atoms. The number of likely N-dealkylation sites (tertiary alicyclic amines) is 1. The second kappa shape index (κ2) is 13.3. The summed E-state index contributed by atoms with van der Waals surface area (Å²) in [5.41, 5.74) is 6.11. The van der Waals surface area contributed by atoms with Crippen LogP contribution in [-0.4, -0.2) is 102 Å². The molecule has 1 aromatic heterocycles. The molecule has 0 radical (unpaired) electrons. The molecule has 0 aliphatic carbocycles. The third kappa shape index (κ3) is 7.25. The minimum Gasteiger partial charge on any atom is -0.393 e. The molecular weight excluding hydrogens is 510 g/mol. The summed E-state index contributed by atoms with van der Waals surface area (Å²) >= 11 is 0.